The molecule has 0 saturated heterocycles. The summed E-state index contributed by atoms with van der Waals surface area (Å²) < 4.78 is 26.4. The Morgan fingerprint density at radius 1 is 0.973 bits per heavy atom. The molecule has 2 amide bonds. The first-order valence-electron chi connectivity index (χ1n) is 13.1. The van der Waals surface area contributed by atoms with Gasteiger partial charge in [0, 0.05) is 26.1 Å². The number of rotatable bonds is 14. The van der Waals surface area contributed by atoms with E-state index >= 15 is 0 Å². The van der Waals surface area contributed by atoms with E-state index in [0.717, 1.165) is 16.7 Å². The predicted octanol–water partition coefficient (Wildman–Crippen LogP) is 4.47. The van der Waals surface area contributed by atoms with Crippen molar-refractivity contribution in [3.63, 3.8) is 0 Å². The number of carbonyl (C=O) groups is 2. The summed E-state index contributed by atoms with van der Waals surface area (Å²) in [4.78, 5) is 28.1. The van der Waals surface area contributed by atoms with Crippen molar-refractivity contribution in [1.29, 1.82) is 0 Å². The highest BCUT2D eigenvalue weighted by Crippen LogP contribution is 2.22. The molecule has 0 fully saturated rings. The Labute approximate surface area is 223 Å². The van der Waals surface area contributed by atoms with Gasteiger partial charge in [-0.15, -0.1) is 0 Å². The lowest BCUT2D eigenvalue weighted by atomic mass is 10.1. The molecule has 37 heavy (non-hydrogen) atoms. The van der Waals surface area contributed by atoms with Crippen LogP contribution in [0, 0.1) is 19.8 Å². The van der Waals surface area contributed by atoms with Gasteiger partial charge in [0.1, 0.15) is 6.04 Å². The molecule has 0 bridgehead atoms. The summed E-state index contributed by atoms with van der Waals surface area (Å²) in [6.07, 6.45) is 2.83. The monoisotopic (exact) mass is 529 g/mol. The Morgan fingerprint density at radius 3 is 2.22 bits per heavy atom. The number of aryl methyl sites for hydroxylation is 2. The van der Waals surface area contributed by atoms with Crippen molar-refractivity contribution in [2.75, 3.05) is 30.2 Å². The van der Waals surface area contributed by atoms with Gasteiger partial charge in [0.15, 0.2) is 0 Å². The second-order valence-corrected chi connectivity index (χ2v) is 12.0. The molecule has 1 unspecified atom stereocenters. The van der Waals surface area contributed by atoms with Crippen molar-refractivity contribution < 1.29 is 18.0 Å². The van der Waals surface area contributed by atoms with E-state index < -0.39 is 16.1 Å². The molecule has 204 valence electrons. The molecule has 2 aromatic carbocycles. The zero-order valence-electron chi connectivity index (χ0n) is 23.2. The zero-order chi connectivity index (χ0) is 27.6. The van der Waals surface area contributed by atoms with Crippen LogP contribution in [0.1, 0.15) is 56.7 Å². The SMILES string of the molecule is CCC(C(=O)NCC(C)C)N(CCc1ccccc1)C(=O)CCCN(c1ccc(C)c(C)c1)S(C)(=O)=O. The molecule has 0 aliphatic carbocycles. The molecule has 0 aromatic heterocycles. The minimum Gasteiger partial charge on any atom is -0.354 e. The van der Waals surface area contributed by atoms with Crippen LogP contribution in [0.2, 0.25) is 0 Å². The molecule has 0 saturated carbocycles. The standard InChI is InChI=1S/C29H43N3O4S/c1-7-27(29(34)30-21-22(2)3)31(19-17-25-12-9-8-10-13-25)28(33)14-11-18-32(37(6,35)36)26-16-15-23(4)24(5)20-26/h8-10,12-13,15-16,20,22,27H,7,11,14,17-19,21H2,1-6H3,(H,30,34). The highest BCUT2D eigenvalue weighted by molar-refractivity contribution is 7.92. The van der Waals surface area contributed by atoms with Crippen LogP contribution in [-0.4, -0.2) is 57.1 Å². The molecule has 0 aliphatic rings. The van der Waals surface area contributed by atoms with Crippen LogP contribution in [0.15, 0.2) is 48.5 Å². The van der Waals surface area contributed by atoms with Gasteiger partial charge in [-0.25, -0.2) is 8.42 Å². The largest absolute Gasteiger partial charge is 0.354 e. The van der Waals surface area contributed by atoms with Gasteiger partial charge in [-0.2, -0.15) is 0 Å². The predicted molar refractivity (Wildman–Crippen MR) is 151 cm³/mol. The molecule has 1 atom stereocenters. The minimum absolute atomic E-state index is 0.143. The number of hydrogen-bond acceptors (Lipinski definition) is 4. The van der Waals surface area contributed by atoms with E-state index in [1.807, 2.05) is 77.1 Å². The lowest BCUT2D eigenvalue weighted by Gasteiger charge is -2.31. The Bertz CT molecular complexity index is 1130. The van der Waals surface area contributed by atoms with E-state index in [2.05, 4.69) is 5.32 Å². The van der Waals surface area contributed by atoms with Gasteiger partial charge < -0.3 is 10.2 Å². The van der Waals surface area contributed by atoms with Gasteiger partial charge in [0.2, 0.25) is 21.8 Å². The number of anilines is 1. The lowest BCUT2D eigenvalue weighted by molar-refractivity contribution is -0.140. The van der Waals surface area contributed by atoms with E-state index in [9.17, 15) is 18.0 Å². The average molecular weight is 530 g/mol. The van der Waals surface area contributed by atoms with Crippen LogP contribution < -0.4 is 9.62 Å². The second kappa shape index (κ2) is 14.2. The Kier molecular flexibility index (Phi) is 11.6. The van der Waals surface area contributed by atoms with Gasteiger partial charge in [0.05, 0.1) is 11.9 Å². The molecular weight excluding hydrogens is 486 g/mol. The molecule has 0 radical (unpaired) electrons. The highest BCUT2D eigenvalue weighted by Gasteiger charge is 2.28. The van der Waals surface area contributed by atoms with E-state index in [-0.39, 0.29) is 24.8 Å². The van der Waals surface area contributed by atoms with Gasteiger partial charge >= 0.3 is 0 Å². The molecule has 0 heterocycles. The van der Waals surface area contributed by atoms with Crippen molar-refractivity contribution in [3.8, 4) is 0 Å². The third kappa shape index (κ3) is 9.50. The summed E-state index contributed by atoms with van der Waals surface area (Å²) in [5, 5.41) is 2.97. The highest BCUT2D eigenvalue weighted by atomic mass is 32.2. The summed E-state index contributed by atoms with van der Waals surface area (Å²) >= 11 is 0. The van der Waals surface area contributed by atoms with E-state index in [1.54, 1.807) is 11.0 Å². The normalized spacial score (nSPS) is 12.3. The van der Waals surface area contributed by atoms with Crippen molar-refractivity contribution >= 4 is 27.5 Å². The van der Waals surface area contributed by atoms with Crippen molar-refractivity contribution in [3.05, 3.63) is 65.2 Å². The van der Waals surface area contributed by atoms with Crippen LogP contribution in [0.5, 0.6) is 0 Å². The maximum absolute atomic E-state index is 13.5. The third-order valence-corrected chi connectivity index (χ3v) is 7.68. The molecular formula is C29H43N3O4S. The quantitative estimate of drug-likeness (QED) is 0.391. The van der Waals surface area contributed by atoms with Crippen molar-refractivity contribution in [1.82, 2.24) is 10.2 Å². The maximum Gasteiger partial charge on any atom is 0.242 e. The summed E-state index contributed by atoms with van der Waals surface area (Å²) in [7, 11) is -3.52. The van der Waals surface area contributed by atoms with Crippen molar-refractivity contribution in [2.24, 2.45) is 5.92 Å². The first-order chi connectivity index (χ1) is 17.4. The Balaban J connectivity index is 2.16. The number of sulfonamides is 1. The molecule has 7 nitrogen and oxygen atoms in total. The molecule has 0 aliphatic heterocycles. The van der Waals surface area contributed by atoms with Gasteiger partial charge in [-0.05, 0) is 67.9 Å². The summed E-state index contributed by atoms with van der Waals surface area (Å²) in [5.41, 5.74) is 3.78. The fourth-order valence-electron chi connectivity index (χ4n) is 4.20. The van der Waals surface area contributed by atoms with E-state index in [0.29, 0.717) is 44.0 Å². The first-order valence-corrected chi connectivity index (χ1v) is 14.9. The van der Waals surface area contributed by atoms with Crippen LogP contribution in [0.25, 0.3) is 0 Å². The molecule has 2 rings (SSSR count). The van der Waals surface area contributed by atoms with E-state index in [4.69, 9.17) is 0 Å². The topological polar surface area (TPSA) is 86.8 Å². The number of amides is 2. The van der Waals surface area contributed by atoms with E-state index in [1.165, 1.54) is 10.6 Å². The number of benzene rings is 2. The van der Waals surface area contributed by atoms with Crippen LogP contribution >= 0.6 is 0 Å². The molecule has 0 spiro atoms. The molecule has 2 aromatic rings. The summed E-state index contributed by atoms with van der Waals surface area (Å²) in [6.45, 7) is 11.1. The second-order valence-electron chi connectivity index (χ2n) is 10.1. The number of nitrogens with one attached hydrogen (secondary N) is 1. The molecule has 8 heteroatoms. The fourth-order valence-corrected chi connectivity index (χ4v) is 5.16. The first kappa shape index (κ1) is 30.4. The summed E-state index contributed by atoms with van der Waals surface area (Å²) in [5.74, 6) is 0.0174. The van der Waals surface area contributed by atoms with Crippen molar-refractivity contribution in [2.45, 2.75) is 66.3 Å². The van der Waals surface area contributed by atoms with Crippen LogP contribution in [0.4, 0.5) is 5.69 Å². The van der Waals surface area contributed by atoms with Gasteiger partial charge in [-0.1, -0.05) is 57.2 Å². The average Bonchev–Trinajstić information content (AvgIpc) is 2.84. The summed E-state index contributed by atoms with van der Waals surface area (Å²) in [6, 6.07) is 14.9. The lowest BCUT2D eigenvalue weighted by Crippen LogP contribution is -2.50. The number of nitrogens with zero attached hydrogens (tertiary/aromatic N) is 2. The van der Waals surface area contributed by atoms with Crippen LogP contribution in [0.3, 0.4) is 0 Å². The third-order valence-electron chi connectivity index (χ3n) is 6.49. The van der Waals surface area contributed by atoms with Gasteiger partial charge in [0.25, 0.3) is 0 Å². The number of carbonyl (C=O) groups excluding carboxylic acids is 2. The molecule has 1 N–H and O–H groups in total. The van der Waals surface area contributed by atoms with Gasteiger partial charge in [-0.3, -0.25) is 13.9 Å². The Morgan fingerprint density at radius 2 is 1.65 bits per heavy atom. The zero-order valence-corrected chi connectivity index (χ0v) is 24.0. The van der Waals surface area contributed by atoms with Crippen LogP contribution in [-0.2, 0) is 26.0 Å². The minimum atomic E-state index is -3.52. The Hall–Kier alpha value is -2.87. The smallest absolute Gasteiger partial charge is 0.242 e. The number of hydrogen-bond donors (Lipinski definition) is 1. The fraction of sp³-hybridized carbons (Fsp3) is 0.517. The maximum atomic E-state index is 13.5.